The minimum atomic E-state index is -0.0303. The van der Waals surface area contributed by atoms with Gasteiger partial charge >= 0.3 is 0 Å². The lowest BCUT2D eigenvalue weighted by atomic mass is 9.90. The van der Waals surface area contributed by atoms with E-state index in [1.165, 1.54) is 6.20 Å². The van der Waals surface area contributed by atoms with Crippen LogP contribution in [0.1, 0.15) is 42.6 Å². The van der Waals surface area contributed by atoms with E-state index in [-0.39, 0.29) is 11.8 Å². The first-order chi connectivity index (χ1) is 12.7. The molecule has 7 heteroatoms. The zero-order valence-corrected chi connectivity index (χ0v) is 15.0. The van der Waals surface area contributed by atoms with Crippen molar-refractivity contribution in [1.29, 1.82) is 0 Å². The molecule has 3 aliphatic rings. The van der Waals surface area contributed by atoms with Crippen LogP contribution in [0.4, 0.5) is 0 Å². The maximum atomic E-state index is 12.4. The number of nitrogens with zero attached hydrogens (tertiary/aromatic N) is 3. The number of nitrogens with one attached hydrogen (secondary N) is 1. The number of carbonyl (C=O) groups excluding carboxylic acids is 2. The van der Waals surface area contributed by atoms with Crippen molar-refractivity contribution in [2.24, 2.45) is 17.3 Å². The highest BCUT2D eigenvalue weighted by Gasteiger charge is 2.54. The highest BCUT2D eigenvalue weighted by atomic mass is 16.5. The molecule has 4 rings (SSSR count). The number of hydrogen-bond acceptors (Lipinski definition) is 5. The van der Waals surface area contributed by atoms with Gasteiger partial charge in [0.2, 0.25) is 5.91 Å². The van der Waals surface area contributed by atoms with Gasteiger partial charge in [-0.25, -0.2) is 4.98 Å². The number of piperidine rings is 1. The van der Waals surface area contributed by atoms with Gasteiger partial charge in [0, 0.05) is 51.7 Å². The summed E-state index contributed by atoms with van der Waals surface area (Å²) < 4.78 is 5.33. The molecule has 2 aliphatic heterocycles. The zero-order valence-electron chi connectivity index (χ0n) is 15.0. The summed E-state index contributed by atoms with van der Waals surface area (Å²) >= 11 is 0. The SMILES string of the molecule is O=C(CC1CCOC1)NCC1CC12CCN(C(=O)c1cnccn1)CC2. The minimum absolute atomic E-state index is 0.0303. The maximum absolute atomic E-state index is 12.4. The molecule has 0 aromatic carbocycles. The minimum Gasteiger partial charge on any atom is -0.381 e. The first-order valence-electron chi connectivity index (χ1n) is 9.56. The van der Waals surface area contributed by atoms with Gasteiger partial charge in [0.25, 0.3) is 5.91 Å². The third-order valence-electron chi connectivity index (χ3n) is 6.23. The summed E-state index contributed by atoms with van der Waals surface area (Å²) in [5.41, 5.74) is 0.738. The number of likely N-dealkylation sites (tertiary alicyclic amines) is 1. The molecule has 2 unspecified atom stereocenters. The third-order valence-corrected chi connectivity index (χ3v) is 6.23. The molecule has 1 aromatic heterocycles. The van der Waals surface area contributed by atoms with Gasteiger partial charge in [0.1, 0.15) is 5.69 Å². The van der Waals surface area contributed by atoms with E-state index >= 15 is 0 Å². The van der Waals surface area contributed by atoms with Crippen molar-refractivity contribution in [3.05, 3.63) is 24.3 Å². The highest BCUT2D eigenvalue weighted by molar-refractivity contribution is 5.92. The first kappa shape index (κ1) is 17.4. The van der Waals surface area contributed by atoms with Crippen molar-refractivity contribution in [2.75, 3.05) is 32.8 Å². The van der Waals surface area contributed by atoms with Gasteiger partial charge in [-0.05, 0) is 42.9 Å². The van der Waals surface area contributed by atoms with E-state index in [1.54, 1.807) is 12.4 Å². The number of rotatable bonds is 5. The molecule has 0 bridgehead atoms. The average molecular weight is 358 g/mol. The van der Waals surface area contributed by atoms with Crippen molar-refractivity contribution >= 4 is 11.8 Å². The van der Waals surface area contributed by atoms with Crippen LogP contribution < -0.4 is 5.32 Å². The van der Waals surface area contributed by atoms with Crippen LogP contribution in [0.15, 0.2) is 18.6 Å². The second-order valence-electron chi connectivity index (χ2n) is 7.88. The summed E-state index contributed by atoms with van der Waals surface area (Å²) in [4.78, 5) is 34.5. The number of amides is 2. The molecule has 3 heterocycles. The Bertz CT molecular complexity index is 652. The maximum Gasteiger partial charge on any atom is 0.274 e. The fourth-order valence-corrected chi connectivity index (χ4v) is 4.38. The number of aromatic nitrogens is 2. The van der Waals surface area contributed by atoms with E-state index in [0.717, 1.165) is 58.5 Å². The van der Waals surface area contributed by atoms with Gasteiger partial charge in [-0.3, -0.25) is 14.6 Å². The smallest absolute Gasteiger partial charge is 0.274 e. The van der Waals surface area contributed by atoms with Gasteiger partial charge < -0.3 is 15.0 Å². The van der Waals surface area contributed by atoms with Crippen LogP contribution in [0.25, 0.3) is 0 Å². The Kier molecular flexibility index (Phi) is 4.89. The van der Waals surface area contributed by atoms with Crippen molar-refractivity contribution in [3.8, 4) is 0 Å². The number of ether oxygens (including phenoxy) is 1. The Balaban J connectivity index is 1.20. The van der Waals surface area contributed by atoms with E-state index in [0.29, 0.717) is 29.4 Å². The predicted octanol–water partition coefficient (Wildman–Crippen LogP) is 1.26. The molecular formula is C19H26N4O3. The normalized spacial score (nSPS) is 26.7. The van der Waals surface area contributed by atoms with E-state index in [4.69, 9.17) is 4.74 Å². The van der Waals surface area contributed by atoms with E-state index in [2.05, 4.69) is 15.3 Å². The Morgan fingerprint density at radius 1 is 1.31 bits per heavy atom. The summed E-state index contributed by atoms with van der Waals surface area (Å²) in [5.74, 6) is 1.06. The monoisotopic (exact) mass is 358 g/mol. The predicted molar refractivity (Wildman–Crippen MR) is 94.3 cm³/mol. The van der Waals surface area contributed by atoms with Crippen LogP contribution in [0.5, 0.6) is 0 Å². The van der Waals surface area contributed by atoms with E-state index in [9.17, 15) is 9.59 Å². The first-order valence-corrected chi connectivity index (χ1v) is 9.56. The van der Waals surface area contributed by atoms with Crippen LogP contribution in [-0.4, -0.2) is 59.5 Å². The van der Waals surface area contributed by atoms with Crippen molar-refractivity contribution < 1.29 is 14.3 Å². The Morgan fingerprint density at radius 3 is 2.85 bits per heavy atom. The molecule has 1 saturated carbocycles. The number of carbonyl (C=O) groups is 2. The standard InChI is InChI=1S/C19H26N4O3/c24-17(9-14-1-8-26-13-14)22-11-15-10-19(15)2-6-23(7-3-19)18(25)16-12-20-4-5-21-16/h4-5,12,14-15H,1-3,6-11,13H2,(H,22,24). The molecule has 2 amide bonds. The largest absolute Gasteiger partial charge is 0.381 e. The van der Waals surface area contributed by atoms with E-state index in [1.807, 2.05) is 4.90 Å². The van der Waals surface area contributed by atoms with Crippen molar-refractivity contribution in [3.63, 3.8) is 0 Å². The summed E-state index contributed by atoms with van der Waals surface area (Å²) in [7, 11) is 0. The fraction of sp³-hybridized carbons (Fsp3) is 0.684. The number of hydrogen-bond donors (Lipinski definition) is 1. The molecular weight excluding hydrogens is 332 g/mol. The summed E-state index contributed by atoms with van der Waals surface area (Å²) in [6.07, 6.45) is 9.41. The molecule has 7 nitrogen and oxygen atoms in total. The fourth-order valence-electron chi connectivity index (χ4n) is 4.38. The quantitative estimate of drug-likeness (QED) is 0.857. The lowest BCUT2D eigenvalue weighted by molar-refractivity contribution is -0.122. The summed E-state index contributed by atoms with van der Waals surface area (Å²) in [5, 5.41) is 3.11. The van der Waals surface area contributed by atoms with Crippen molar-refractivity contribution in [1.82, 2.24) is 20.2 Å². The molecule has 140 valence electrons. The molecule has 1 N–H and O–H groups in total. The lowest BCUT2D eigenvalue weighted by Gasteiger charge is -2.32. The van der Waals surface area contributed by atoms with E-state index < -0.39 is 0 Å². The lowest BCUT2D eigenvalue weighted by Crippen LogP contribution is -2.40. The second-order valence-corrected chi connectivity index (χ2v) is 7.88. The van der Waals surface area contributed by atoms with Gasteiger partial charge in [-0.15, -0.1) is 0 Å². The topological polar surface area (TPSA) is 84.4 Å². The molecule has 1 aliphatic carbocycles. The summed E-state index contributed by atoms with van der Waals surface area (Å²) in [6.45, 7) is 3.80. The van der Waals surface area contributed by atoms with Crippen LogP contribution in [0.2, 0.25) is 0 Å². The Morgan fingerprint density at radius 2 is 2.15 bits per heavy atom. The van der Waals surface area contributed by atoms with Crippen molar-refractivity contribution in [2.45, 2.75) is 32.1 Å². The van der Waals surface area contributed by atoms with Crippen LogP contribution in [0, 0.1) is 17.3 Å². The van der Waals surface area contributed by atoms with Crippen LogP contribution in [0.3, 0.4) is 0 Å². The average Bonchev–Trinajstić information content (AvgIpc) is 3.08. The molecule has 0 radical (unpaired) electrons. The molecule has 2 atom stereocenters. The zero-order chi connectivity index (χ0) is 18.0. The van der Waals surface area contributed by atoms with Gasteiger partial charge in [0.05, 0.1) is 6.20 Å². The Hall–Kier alpha value is -2.02. The Labute approximate surface area is 153 Å². The molecule has 1 aromatic rings. The van der Waals surface area contributed by atoms with Gasteiger partial charge in [-0.1, -0.05) is 0 Å². The molecule has 26 heavy (non-hydrogen) atoms. The molecule has 2 saturated heterocycles. The van der Waals surface area contributed by atoms with Crippen LogP contribution >= 0.6 is 0 Å². The molecule has 1 spiro atoms. The third kappa shape index (κ3) is 3.72. The molecule has 3 fully saturated rings. The van der Waals surface area contributed by atoms with Crippen LogP contribution in [-0.2, 0) is 9.53 Å². The summed E-state index contributed by atoms with van der Waals surface area (Å²) in [6, 6.07) is 0. The highest BCUT2D eigenvalue weighted by Crippen LogP contribution is 2.59. The second kappa shape index (κ2) is 7.31. The van der Waals surface area contributed by atoms with Gasteiger partial charge in [0.15, 0.2) is 0 Å². The van der Waals surface area contributed by atoms with Gasteiger partial charge in [-0.2, -0.15) is 0 Å².